The summed E-state index contributed by atoms with van der Waals surface area (Å²) in [7, 11) is 0. The summed E-state index contributed by atoms with van der Waals surface area (Å²) in [6.07, 6.45) is 0.123. The third-order valence-electron chi connectivity index (χ3n) is 4.51. The number of benzene rings is 1. The molecular formula is C18H23ClN2O5. The standard InChI is InChI=1S/C18H23ClN2O5/c1-2-18(17(24)25,13-3-5-14(19)6-4-13)20-15(22)7-8-16(23)21-9-11-26-12-10-21/h3-6H,2,7-12H2,1H3,(H,20,22)(H,24,25). The lowest BCUT2D eigenvalue weighted by molar-refractivity contribution is -0.148. The van der Waals surface area contributed by atoms with Gasteiger partial charge < -0.3 is 20.1 Å². The van der Waals surface area contributed by atoms with E-state index in [1.807, 2.05) is 0 Å². The molecule has 2 N–H and O–H groups in total. The van der Waals surface area contributed by atoms with Crippen molar-refractivity contribution in [2.75, 3.05) is 26.3 Å². The number of carboxylic acid groups (broad SMARTS) is 1. The summed E-state index contributed by atoms with van der Waals surface area (Å²) in [5.74, 6) is -1.77. The SMILES string of the molecule is CCC(NC(=O)CCC(=O)N1CCOCC1)(C(=O)O)c1ccc(Cl)cc1. The van der Waals surface area contributed by atoms with Crippen LogP contribution in [-0.2, 0) is 24.7 Å². The molecule has 0 saturated carbocycles. The lowest BCUT2D eigenvalue weighted by Gasteiger charge is -2.30. The number of ether oxygens (including phenoxy) is 1. The average Bonchev–Trinajstić information content (AvgIpc) is 2.65. The van der Waals surface area contributed by atoms with Crippen LogP contribution in [0.25, 0.3) is 0 Å². The van der Waals surface area contributed by atoms with E-state index in [1.165, 1.54) is 0 Å². The fraction of sp³-hybridized carbons (Fsp3) is 0.500. The highest BCUT2D eigenvalue weighted by molar-refractivity contribution is 6.30. The fourth-order valence-electron chi connectivity index (χ4n) is 2.92. The van der Waals surface area contributed by atoms with Crippen LogP contribution in [0.15, 0.2) is 24.3 Å². The van der Waals surface area contributed by atoms with Crippen LogP contribution in [0.4, 0.5) is 0 Å². The Kier molecular flexibility index (Phi) is 6.99. The Hall–Kier alpha value is -2.12. The largest absolute Gasteiger partial charge is 0.479 e. The second kappa shape index (κ2) is 9.00. The molecule has 142 valence electrons. The van der Waals surface area contributed by atoms with Gasteiger partial charge in [0.05, 0.1) is 13.2 Å². The number of amides is 2. The maximum atomic E-state index is 12.4. The highest BCUT2D eigenvalue weighted by Gasteiger charge is 2.40. The molecule has 0 aliphatic carbocycles. The predicted octanol–water partition coefficient (Wildman–Crippen LogP) is 1.79. The van der Waals surface area contributed by atoms with Crippen molar-refractivity contribution < 1.29 is 24.2 Å². The van der Waals surface area contributed by atoms with Crippen LogP contribution >= 0.6 is 11.6 Å². The molecular weight excluding hydrogens is 360 g/mol. The number of nitrogens with zero attached hydrogens (tertiary/aromatic N) is 1. The Morgan fingerprint density at radius 1 is 1.19 bits per heavy atom. The number of hydrogen-bond acceptors (Lipinski definition) is 4. The molecule has 1 aliphatic rings. The van der Waals surface area contributed by atoms with Gasteiger partial charge in [-0.15, -0.1) is 0 Å². The van der Waals surface area contributed by atoms with E-state index in [-0.39, 0.29) is 25.2 Å². The maximum absolute atomic E-state index is 12.4. The molecule has 1 atom stereocenters. The van der Waals surface area contributed by atoms with Gasteiger partial charge in [-0.25, -0.2) is 4.79 Å². The Morgan fingerprint density at radius 3 is 2.35 bits per heavy atom. The number of carboxylic acids is 1. The molecule has 1 fully saturated rings. The highest BCUT2D eigenvalue weighted by atomic mass is 35.5. The molecule has 26 heavy (non-hydrogen) atoms. The van der Waals surface area contributed by atoms with E-state index >= 15 is 0 Å². The second-order valence-electron chi connectivity index (χ2n) is 6.11. The minimum Gasteiger partial charge on any atom is -0.479 e. The highest BCUT2D eigenvalue weighted by Crippen LogP contribution is 2.27. The summed E-state index contributed by atoms with van der Waals surface area (Å²) in [6.45, 7) is 3.69. The zero-order valence-electron chi connectivity index (χ0n) is 14.7. The van der Waals surface area contributed by atoms with Crippen molar-refractivity contribution in [3.8, 4) is 0 Å². The molecule has 7 nitrogen and oxygen atoms in total. The van der Waals surface area contributed by atoms with Gasteiger partial charge in [0.2, 0.25) is 11.8 Å². The Labute approximate surface area is 157 Å². The van der Waals surface area contributed by atoms with E-state index < -0.39 is 17.4 Å². The lowest BCUT2D eigenvalue weighted by atomic mass is 9.87. The maximum Gasteiger partial charge on any atom is 0.334 e. The van der Waals surface area contributed by atoms with Crippen molar-refractivity contribution in [2.24, 2.45) is 0 Å². The number of nitrogens with one attached hydrogen (secondary N) is 1. The van der Waals surface area contributed by atoms with E-state index in [2.05, 4.69) is 5.32 Å². The number of rotatable bonds is 7. The third-order valence-corrected chi connectivity index (χ3v) is 4.77. The molecule has 2 rings (SSSR count). The van der Waals surface area contributed by atoms with Crippen molar-refractivity contribution in [1.82, 2.24) is 10.2 Å². The minimum absolute atomic E-state index is 0.0336. The van der Waals surface area contributed by atoms with Crippen LogP contribution in [0, 0.1) is 0 Å². The molecule has 0 aromatic heterocycles. The summed E-state index contributed by atoms with van der Waals surface area (Å²) in [5.41, 5.74) is -1.12. The van der Waals surface area contributed by atoms with Gasteiger partial charge >= 0.3 is 5.97 Å². The first kappa shape index (κ1) is 20.2. The van der Waals surface area contributed by atoms with Gasteiger partial charge in [-0.1, -0.05) is 30.7 Å². The van der Waals surface area contributed by atoms with Crippen molar-refractivity contribution in [3.05, 3.63) is 34.9 Å². The molecule has 1 unspecified atom stereocenters. The molecule has 1 aliphatic heterocycles. The smallest absolute Gasteiger partial charge is 0.334 e. The normalized spacial score (nSPS) is 16.6. The molecule has 0 bridgehead atoms. The van der Waals surface area contributed by atoms with Crippen molar-refractivity contribution in [3.63, 3.8) is 0 Å². The average molecular weight is 383 g/mol. The van der Waals surface area contributed by atoms with Crippen molar-refractivity contribution in [1.29, 1.82) is 0 Å². The Balaban J connectivity index is 2.03. The molecule has 8 heteroatoms. The topological polar surface area (TPSA) is 95.9 Å². The quantitative estimate of drug-likeness (QED) is 0.749. The van der Waals surface area contributed by atoms with Gasteiger partial charge in [-0.05, 0) is 24.1 Å². The Morgan fingerprint density at radius 2 is 1.81 bits per heavy atom. The van der Waals surface area contributed by atoms with Crippen LogP contribution in [0.1, 0.15) is 31.7 Å². The number of carbonyl (C=O) groups is 3. The van der Waals surface area contributed by atoms with Crippen LogP contribution in [0.5, 0.6) is 0 Å². The molecule has 0 spiro atoms. The first-order valence-corrected chi connectivity index (χ1v) is 8.93. The third kappa shape index (κ3) is 4.74. The first-order chi connectivity index (χ1) is 12.4. The van der Waals surface area contributed by atoms with Crippen LogP contribution in [0.3, 0.4) is 0 Å². The summed E-state index contributed by atoms with van der Waals surface area (Å²) in [6, 6.07) is 6.33. The van der Waals surface area contributed by atoms with Crippen molar-refractivity contribution in [2.45, 2.75) is 31.7 Å². The number of carbonyl (C=O) groups excluding carboxylic acids is 2. The molecule has 1 aromatic carbocycles. The first-order valence-electron chi connectivity index (χ1n) is 8.55. The number of halogens is 1. The fourth-order valence-corrected chi connectivity index (χ4v) is 3.05. The molecule has 1 saturated heterocycles. The number of hydrogen-bond donors (Lipinski definition) is 2. The van der Waals surface area contributed by atoms with Crippen molar-refractivity contribution >= 4 is 29.4 Å². The second-order valence-corrected chi connectivity index (χ2v) is 6.55. The van der Waals surface area contributed by atoms with E-state index in [1.54, 1.807) is 36.1 Å². The van der Waals surface area contributed by atoms with Gasteiger partial charge in [0.25, 0.3) is 0 Å². The summed E-state index contributed by atoms with van der Waals surface area (Å²) < 4.78 is 5.19. The predicted molar refractivity (Wildman–Crippen MR) is 95.8 cm³/mol. The van der Waals surface area contributed by atoms with E-state index in [0.29, 0.717) is 36.9 Å². The van der Waals surface area contributed by atoms with Crippen LogP contribution < -0.4 is 5.32 Å². The van der Waals surface area contributed by atoms with E-state index in [9.17, 15) is 19.5 Å². The van der Waals surface area contributed by atoms with E-state index in [0.717, 1.165) is 0 Å². The number of aliphatic carboxylic acids is 1. The minimum atomic E-state index is -1.55. The van der Waals surface area contributed by atoms with Gasteiger partial charge in [0.1, 0.15) is 0 Å². The Bertz CT molecular complexity index is 658. The lowest BCUT2D eigenvalue weighted by Crippen LogP contribution is -2.51. The summed E-state index contributed by atoms with van der Waals surface area (Å²) in [5, 5.41) is 12.8. The molecule has 2 amide bonds. The van der Waals surface area contributed by atoms with Gasteiger partial charge in [0, 0.05) is 31.0 Å². The zero-order chi connectivity index (χ0) is 19.2. The molecule has 0 radical (unpaired) electrons. The monoisotopic (exact) mass is 382 g/mol. The van der Waals surface area contributed by atoms with Gasteiger partial charge in [0.15, 0.2) is 5.54 Å². The van der Waals surface area contributed by atoms with Gasteiger partial charge in [-0.3, -0.25) is 9.59 Å². The molecule has 1 aromatic rings. The number of morpholine rings is 1. The van der Waals surface area contributed by atoms with Gasteiger partial charge in [-0.2, -0.15) is 0 Å². The zero-order valence-corrected chi connectivity index (χ0v) is 15.4. The molecule has 1 heterocycles. The van der Waals surface area contributed by atoms with E-state index in [4.69, 9.17) is 16.3 Å². The van der Waals surface area contributed by atoms with Crippen LogP contribution in [0.2, 0.25) is 5.02 Å². The summed E-state index contributed by atoms with van der Waals surface area (Å²) >= 11 is 5.86. The summed E-state index contributed by atoms with van der Waals surface area (Å²) in [4.78, 5) is 38.1. The van der Waals surface area contributed by atoms with Crippen LogP contribution in [-0.4, -0.2) is 54.1 Å².